The molecule has 0 saturated heterocycles. The summed E-state index contributed by atoms with van der Waals surface area (Å²) in [5.41, 5.74) is 1.19. The molecule has 0 atom stereocenters. The van der Waals surface area contributed by atoms with E-state index in [-0.39, 0.29) is 15.7 Å². The van der Waals surface area contributed by atoms with Crippen molar-refractivity contribution >= 4 is 44.8 Å². The van der Waals surface area contributed by atoms with Crippen molar-refractivity contribution in [2.24, 2.45) is 0 Å². The van der Waals surface area contributed by atoms with Gasteiger partial charge in [0.15, 0.2) is 11.5 Å². The van der Waals surface area contributed by atoms with Crippen molar-refractivity contribution in [3.63, 3.8) is 0 Å². The van der Waals surface area contributed by atoms with Crippen molar-refractivity contribution in [2.75, 3.05) is 37.9 Å². The zero-order chi connectivity index (χ0) is 22.3. The van der Waals surface area contributed by atoms with Gasteiger partial charge in [0.25, 0.3) is 0 Å². The highest BCUT2D eigenvalue weighted by Gasteiger charge is 2.23. The van der Waals surface area contributed by atoms with Gasteiger partial charge in [-0.1, -0.05) is 35.3 Å². The van der Waals surface area contributed by atoms with Gasteiger partial charge in [-0.25, -0.2) is 8.42 Å². The lowest BCUT2D eigenvalue weighted by atomic mass is 10.1. The molecule has 7 nitrogen and oxygen atoms in total. The minimum atomic E-state index is -3.74. The molecule has 0 aliphatic rings. The third kappa shape index (κ3) is 6.42. The third-order valence-electron chi connectivity index (χ3n) is 4.30. The maximum absolute atomic E-state index is 12.3. The van der Waals surface area contributed by atoms with E-state index in [9.17, 15) is 13.2 Å². The molecular formula is C20H24Cl2N2O5S. The molecule has 164 valence electrons. The number of sulfonamides is 1. The number of methoxy groups -OCH3 is 2. The number of amides is 1. The first-order valence-corrected chi connectivity index (χ1v) is 11.7. The minimum absolute atomic E-state index is 0.0749. The van der Waals surface area contributed by atoms with Crippen LogP contribution in [0.1, 0.15) is 12.0 Å². The summed E-state index contributed by atoms with van der Waals surface area (Å²) in [4.78, 5) is 12.3. The largest absolute Gasteiger partial charge is 0.493 e. The van der Waals surface area contributed by atoms with Gasteiger partial charge < -0.3 is 14.8 Å². The van der Waals surface area contributed by atoms with Crippen molar-refractivity contribution < 1.29 is 22.7 Å². The number of hydrogen-bond donors (Lipinski definition) is 1. The Morgan fingerprint density at radius 1 is 1.10 bits per heavy atom. The number of ether oxygens (including phenoxy) is 2. The molecule has 0 fully saturated rings. The first kappa shape index (κ1) is 24.1. The van der Waals surface area contributed by atoms with E-state index in [1.807, 2.05) is 18.2 Å². The molecule has 0 aliphatic heterocycles. The standard InChI is InChI=1S/C20H24Cl2N2O5S/c1-28-17-10-9-14(12-18(17)29-2)6-5-11-23-19(25)13-24(30(3,26)27)16-8-4-7-15(21)20(16)22/h4,7-10,12H,5-6,11,13H2,1-3H3,(H,23,25). The average Bonchev–Trinajstić information content (AvgIpc) is 2.70. The fourth-order valence-corrected chi connectivity index (χ4v) is 4.12. The molecule has 1 amide bonds. The van der Waals surface area contributed by atoms with Crippen LogP contribution in [0.15, 0.2) is 36.4 Å². The molecular weight excluding hydrogens is 451 g/mol. The highest BCUT2D eigenvalue weighted by molar-refractivity contribution is 7.92. The number of rotatable bonds is 10. The van der Waals surface area contributed by atoms with E-state index < -0.39 is 22.5 Å². The van der Waals surface area contributed by atoms with Crippen LogP contribution in [0.2, 0.25) is 10.0 Å². The Labute approximate surface area is 186 Å². The molecule has 10 heteroatoms. The van der Waals surface area contributed by atoms with Gasteiger partial charge in [0.2, 0.25) is 15.9 Å². The minimum Gasteiger partial charge on any atom is -0.493 e. The summed E-state index contributed by atoms with van der Waals surface area (Å²) in [7, 11) is -0.593. The molecule has 0 heterocycles. The first-order valence-electron chi connectivity index (χ1n) is 9.06. The Morgan fingerprint density at radius 3 is 2.43 bits per heavy atom. The lowest BCUT2D eigenvalue weighted by Gasteiger charge is -2.23. The summed E-state index contributed by atoms with van der Waals surface area (Å²) in [6, 6.07) is 10.2. The maximum Gasteiger partial charge on any atom is 0.240 e. The van der Waals surface area contributed by atoms with E-state index in [0.29, 0.717) is 30.9 Å². The van der Waals surface area contributed by atoms with Crippen molar-refractivity contribution in [3.05, 3.63) is 52.0 Å². The fraction of sp³-hybridized carbons (Fsp3) is 0.350. The Kier molecular flexibility index (Phi) is 8.64. The van der Waals surface area contributed by atoms with Crippen LogP contribution in [-0.2, 0) is 21.2 Å². The van der Waals surface area contributed by atoms with Crippen LogP contribution in [0.3, 0.4) is 0 Å². The number of benzene rings is 2. The van der Waals surface area contributed by atoms with Gasteiger partial charge in [-0.2, -0.15) is 0 Å². The predicted molar refractivity (Wildman–Crippen MR) is 120 cm³/mol. The predicted octanol–water partition coefficient (Wildman–Crippen LogP) is 3.53. The number of halogens is 2. The molecule has 2 aromatic carbocycles. The van der Waals surface area contributed by atoms with Crippen molar-refractivity contribution in [2.45, 2.75) is 12.8 Å². The second-order valence-corrected chi connectivity index (χ2v) is 9.18. The number of anilines is 1. The second-order valence-electron chi connectivity index (χ2n) is 6.49. The molecule has 0 bridgehead atoms. The topological polar surface area (TPSA) is 84.9 Å². The quantitative estimate of drug-likeness (QED) is 0.532. The Hall–Kier alpha value is -2.16. The lowest BCUT2D eigenvalue weighted by Crippen LogP contribution is -2.40. The van der Waals surface area contributed by atoms with Crippen LogP contribution >= 0.6 is 23.2 Å². The summed E-state index contributed by atoms with van der Waals surface area (Å²) < 4.78 is 35.8. The van der Waals surface area contributed by atoms with Crippen molar-refractivity contribution in [1.82, 2.24) is 5.32 Å². The molecule has 0 saturated carbocycles. The zero-order valence-corrected chi connectivity index (χ0v) is 19.3. The normalized spacial score (nSPS) is 11.1. The van der Waals surface area contributed by atoms with Crippen LogP contribution in [0.25, 0.3) is 0 Å². The Bertz CT molecular complexity index is 999. The van der Waals surface area contributed by atoms with Crippen LogP contribution in [-0.4, -0.2) is 47.9 Å². The third-order valence-corrected chi connectivity index (χ3v) is 6.24. The molecule has 30 heavy (non-hydrogen) atoms. The van der Waals surface area contributed by atoms with Gasteiger partial charge in [0, 0.05) is 6.54 Å². The number of carbonyl (C=O) groups is 1. The van der Waals surface area contributed by atoms with Crippen molar-refractivity contribution in [3.8, 4) is 11.5 Å². The fourth-order valence-electron chi connectivity index (χ4n) is 2.81. The zero-order valence-electron chi connectivity index (χ0n) is 16.9. The number of nitrogens with one attached hydrogen (secondary N) is 1. The van der Waals surface area contributed by atoms with Crippen LogP contribution in [0.4, 0.5) is 5.69 Å². The maximum atomic E-state index is 12.3. The average molecular weight is 475 g/mol. The Balaban J connectivity index is 1.95. The molecule has 0 radical (unpaired) electrons. The van der Waals surface area contributed by atoms with Crippen molar-refractivity contribution in [1.29, 1.82) is 0 Å². The summed E-state index contributed by atoms with van der Waals surface area (Å²) in [6.07, 6.45) is 2.38. The van der Waals surface area contributed by atoms with E-state index in [0.717, 1.165) is 16.1 Å². The first-order chi connectivity index (χ1) is 14.2. The molecule has 0 aromatic heterocycles. The van der Waals surface area contributed by atoms with Gasteiger partial charge in [0.1, 0.15) is 6.54 Å². The smallest absolute Gasteiger partial charge is 0.240 e. The molecule has 1 N–H and O–H groups in total. The van der Waals surface area contributed by atoms with Gasteiger partial charge in [0.05, 0.1) is 36.2 Å². The summed E-state index contributed by atoms with van der Waals surface area (Å²) in [5, 5.41) is 3.01. The highest BCUT2D eigenvalue weighted by atomic mass is 35.5. The molecule has 0 aliphatic carbocycles. The number of aryl methyl sites for hydroxylation is 1. The highest BCUT2D eigenvalue weighted by Crippen LogP contribution is 2.33. The van der Waals surface area contributed by atoms with Gasteiger partial charge in [-0.05, 0) is 42.7 Å². The molecule has 2 aromatic rings. The van der Waals surface area contributed by atoms with Gasteiger partial charge >= 0.3 is 0 Å². The van der Waals surface area contributed by atoms with Gasteiger partial charge in [-0.3, -0.25) is 9.10 Å². The summed E-state index contributed by atoms with van der Waals surface area (Å²) in [6.45, 7) is -0.0106. The SMILES string of the molecule is COc1ccc(CCCNC(=O)CN(c2cccc(Cl)c2Cl)S(C)(=O)=O)cc1OC. The number of nitrogens with zero attached hydrogens (tertiary/aromatic N) is 1. The lowest BCUT2D eigenvalue weighted by molar-refractivity contribution is -0.119. The van der Waals surface area contributed by atoms with Crippen LogP contribution in [0, 0.1) is 0 Å². The Morgan fingerprint density at radius 2 is 1.80 bits per heavy atom. The van der Waals surface area contributed by atoms with Gasteiger partial charge in [-0.15, -0.1) is 0 Å². The number of hydrogen-bond acceptors (Lipinski definition) is 5. The molecule has 0 unspecified atom stereocenters. The second kappa shape index (κ2) is 10.7. The number of carbonyl (C=O) groups excluding carboxylic acids is 1. The molecule has 2 rings (SSSR count). The summed E-state index contributed by atoms with van der Waals surface area (Å²) in [5.74, 6) is 0.847. The monoisotopic (exact) mass is 474 g/mol. The summed E-state index contributed by atoms with van der Waals surface area (Å²) >= 11 is 12.1. The molecule has 0 spiro atoms. The van der Waals surface area contributed by atoms with E-state index in [2.05, 4.69) is 5.32 Å². The van der Waals surface area contributed by atoms with E-state index >= 15 is 0 Å². The van der Waals surface area contributed by atoms with E-state index in [1.165, 1.54) is 6.07 Å². The van der Waals surface area contributed by atoms with Crippen LogP contribution < -0.4 is 19.1 Å². The van der Waals surface area contributed by atoms with Crippen LogP contribution in [0.5, 0.6) is 11.5 Å². The van der Waals surface area contributed by atoms with E-state index in [1.54, 1.807) is 26.4 Å². The van der Waals surface area contributed by atoms with E-state index in [4.69, 9.17) is 32.7 Å².